The number of hydrogen-bond acceptors (Lipinski definition) is 10. The Bertz CT molecular complexity index is 1050. The van der Waals surface area contributed by atoms with Crippen molar-refractivity contribution in [3.63, 3.8) is 0 Å². The van der Waals surface area contributed by atoms with Gasteiger partial charge >= 0.3 is 13.6 Å². The second-order valence-electron chi connectivity index (χ2n) is 6.96. The lowest BCUT2D eigenvalue weighted by atomic mass is 9.92. The van der Waals surface area contributed by atoms with Gasteiger partial charge in [-0.15, -0.1) is 0 Å². The van der Waals surface area contributed by atoms with Crippen LogP contribution in [0.1, 0.15) is 12.6 Å². The molecule has 1 aliphatic rings. The van der Waals surface area contributed by atoms with E-state index in [1.54, 1.807) is 0 Å². The highest BCUT2D eigenvalue weighted by Gasteiger charge is 2.57. The van der Waals surface area contributed by atoms with E-state index < -0.39 is 56.2 Å². The zero-order valence-corrected chi connectivity index (χ0v) is 16.6. The number of carboxylic acids is 1. The predicted molar refractivity (Wildman–Crippen MR) is 99.0 cm³/mol. The molecule has 30 heavy (non-hydrogen) atoms. The van der Waals surface area contributed by atoms with Crippen molar-refractivity contribution < 1.29 is 38.8 Å². The lowest BCUT2D eigenvalue weighted by molar-refractivity contribution is -0.140. The van der Waals surface area contributed by atoms with E-state index in [9.17, 15) is 29.7 Å². The normalized spacial score (nSPS) is 29.4. The number of anilines is 1. The molecule has 2 aromatic heterocycles. The molecule has 162 valence electrons. The number of nitrogen functional groups attached to an aromatic ring is 1. The summed E-state index contributed by atoms with van der Waals surface area (Å²) >= 11 is 0. The number of aliphatic hydroxyl groups excluding tert-OH is 2. The van der Waals surface area contributed by atoms with Crippen molar-refractivity contribution in [3.05, 3.63) is 24.2 Å². The highest BCUT2D eigenvalue weighted by molar-refractivity contribution is 7.52. The first-order valence-electron chi connectivity index (χ1n) is 8.75. The topological polar surface area (TPSA) is 214 Å². The molecule has 6 N–H and O–H groups in total. The van der Waals surface area contributed by atoms with E-state index in [4.69, 9.17) is 20.1 Å². The summed E-state index contributed by atoms with van der Waals surface area (Å²) in [7, 11) is -4.34. The molecule has 0 spiro atoms. The van der Waals surface area contributed by atoms with Gasteiger partial charge in [0.15, 0.2) is 5.82 Å². The van der Waals surface area contributed by atoms with Crippen LogP contribution in [0.4, 0.5) is 5.82 Å². The molecule has 13 nitrogen and oxygen atoms in total. The highest BCUT2D eigenvalue weighted by Crippen LogP contribution is 2.46. The van der Waals surface area contributed by atoms with Crippen molar-refractivity contribution in [1.82, 2.24) is 14.6 Å². The van der Waals surface area contributed by atoms with Crippen LogP contribution in [0.25, 0.3) is 5.52 Å². The molecule has 14 heteroatoms. The van der Waals surface area contributed by atoms with Gasteiger partial charge in [0.1, 0.15) is 36.2 Å². The maximum absolute atomic E-state index is 12.1. The fourth-order valence-corrected chi connectivity index (χ4v) is 4.55. The Balaban J connectivity index is 1.84. The summed E-state index contributed by atoms with van der Waals surface area (Å²) in [6.07, 6.45) is -4.27. The Labute approximate surface area is 169 Å². The lowest BCUT2D eigenvalue weighted by Gasteiger charge is -2.24. The SMILES string of the molecule is C[C@H](CP(=O)(O)OC[C@H]1O[C@@](C#N)(c2ccc3c(N)ncnn23)[C@H](O)[C@@H]1O)C(=O)O. The molecule has 6 atom stereocenters. The minimum atomic E-state index is -4.34. The molecule has 1 aliphatic heterocycles. The first kappa shape index (κ1) is 22.1. The van der Waals surface area contributed by atoms with Gasteiger partial charge in [-0.1, -0.05) is 6.92 Å². The number of carboxylic acid groups (broad SMARTS) is 1. The van der Waals surface area contributed by atoms with Crippen molar-refractivity contribution in [2.75, 3.05) is 18.5 Å². The first-order chi connectivity index (χ1) is 14.0. The fraction of sp³-hybridized carbons (Fsp3) is 0.500. The number of aliphatic hydroxyl groups is 2. The standard InChI is InChI=1S/C16H20N5O8P/c1-8(15(24)25)5-30(26,27)28-4-10-12(22)13(23)16(6-17,29-10)11-3-2-9-14(18)19-7-20-21(9)11/h2-3,7-8,10,12-13,22-23H,4-5H2,1H3,(H,24,25)(H,26,27)(H2,18,19,20)/t8-,10-,12-,13-,16+/m1/s1. The summed E-state index contributed by atoms with van der Waals surface area (Å²) in [6, 6.07) is 4.76. The van der Waals surface area contributed by atoms with Gasteiger partial charge in [-0.05, 0) is 12.1 Å². The van der Waals surface area contributed by atoms with Crippen LogP contribution >= 0.6 is 7.60 Å². The molecule has 0 radical (unpaired) electrons. The molecular weight excluding hydrogens is 421 g/mol. The average Bonchev–Trinajstić information content (AvgIpc) is 3.22. The number of nitriles is 1. The number of nitrogens with two attached hydrogens (primary N) is 1. The maximum Gasteiger partial charge on any atom is 0.329 e. The highest BCUT2D eigenvalue weighted by atomic mass is 31.2. The first-order valence-corrected chi connectivity index (χ1v) is 10.5. The van der Waals surface area contributed by atoms with Crippen molar-refractivity contribution in [2.45, 2.75) is 30.8 Å². The summed E-state index contributed by atoms with van der Waals surface area (Å²) in [6.45, 7) is 0.577. The van der Waals surface area contributed by atoms with Gasteiger partial charge in [0.25, 0.3) is 0 Å². The monoisotopic (exact) mass is 441 g/mol. The van der Waals surface area contributed by atoms with E-state index in [2.05, 4.69) is 10.1 Å². The number of nitrogens with zero attached hydrogens (tertiary/aromatic N) is 4. The van der Waals surface area contributed by atoms with Crippen molar-refractivity contribution >= 4 is 24.9 Å². The Morgan fingerprint density at radius 3 is 2.87 bits per heavy atom. The molecule has 0 amide bonds. The van der Waals surface area contributed by atoms with Crippen LogP contribution in [0.3, 0.4) is 0 Å². The van der Waals surface area contributed by atoms with Crippen LogP contribution in [0.2, 0.25) is 0 Å². The molecule has 1 saturated heterocycles. The molecular formula is C16H20N5O8P. The molecule has 1 unspecified atom stereocenters. The second-order valence-corrected chi connectivity index (χ2v) is 8.85. The zero-order valence-electron chi connectivity index (χ0n) is 15.7. The van der Waals surface area contributed by atoms with Crippen LogP contribution in [-0.2, 0) is 24.2 Å². The van der Waals surface area contributed by atoms with E-state index >= 15 is 0 Å². The second kappa shape index (κ2) is 7.92. The smallest absolute Gasteiger partial charge is 0.329 e. The number of aliphatic carboxylic acids is 1. The van der Waals surface area contributed by atoms with Gasteiger partial charge in [0.2, 0.25) is 5.60 Å². The van der Waals surface area contributed by atoms with E-state index in [-0.39, 0.29) is 11.5 Å². The van der Waals surface area contributed by atoms with Crippen LogP contribution in [-0.4, -0.2) is 71.9 Å². The molecule has 0 aromatic carbocycles. The summed E-state index contributed by atoms with van der Waals surface area (Å²) in [5, 5.41) is 43.6. The third kappa shape index (κ3) is 3.77. The van der Waals surface area contributed by atoms with Gasteiger partial charge < -0.3 is 35.2 Å². The van der Waals surface area contributed by atoms with E-state index in [1.807, 2.05) is 6.07 Å². The lowest BCUT2D eigenvalue weighted by Crippen LogP contribution is -2.41. The third-order valence-corrected chi connectivity index (χ3v) is 6.41. The third-order valence-electron chi connectivity index (χ3n) is 4.85. The van der Waals surface area contributed by atoms with Crippen molar-refractivity contribution in [3.8, 4) is 6.07 Å². The van der Waals surface area contributed by atoms with E-state index in [0.29, 0.717) is 5.52 Å². The van der Waals surface area contributed by atoms with Crippen LogP contribution in [0.5, 0.6) is 0 Å². The summed E-state index contributed by atoms with van der Waals surface area (Å²) < 4.78 is 23.9. The largest absolute Gasteiger partial charge is 0.481 e. The van der Waals surface area contributed by atoms with Crippen LogP contribution in [0.15, 0.2) is 18.5 Å². The Kier molecular flexibility index (Phi) is 5.83. The number of ether oxygens (including phenoxy) is 1. The quantitative estimate of drug-likeness (QED) is 0.330. The molecule has 3 rings (SSSR count). The summed E-state index contributed by atoms with van der Waals surface area (Å²) in [5.74, 6) is -2.30. The summed E-state index contributed by atoms with van der Waals surface area (Å²) in [5.41, 5.74) is 4.10. The zero-order chi connectivity index (χ0) is 22.3. The van der Waals surface area contributed by atoms with E-state index in [0.717, 1.165) is 6.33 Å². The summed E-state index contributed by atoms with van der Waals surface area (Å²) in [4.78, 5) is 24.6. The number of fused-ring (bicyclic) bond motifs is 1. The fourth-order valence-electron chi connectivity index (χ4n) is 3.22. The van der Waals surface area contributed by atoms with Crippen LogP contribution < -0.4 is 5.73 Å². The molecule has 3 heterocycles. The predicted octanol–water partition coefficient (Wildman–Crippen LogP) is -0.926. The maximum atomic E-state index is 12.1. The minimum absolute atomic E-state index is 0.0647. The van der Waals surface area contributed by atoms with Gasteiger partial charge in [-0.3, -0.25) is 9.36 Å². The van der Waals surface area contributed by atoms with Crippen molar-refractivity contribution in [1.29, 1.82) is 5.26 Å². The number of aromatic nitrogens is 3. The number of hydrogen-bond donors (Lipinski definition) is 5. The molecule has 2 aromatic rings. The minimum Gasteiger partial charge on any atom is -0.481 e. The van der Waals surface area contributed by atoms with Gasteiger partial charge in [-0.25, -0.2) is 9.50 Å². The van der Waals surface area contributed by atoms with Gasteiger partial charge in [0.05, 0.1) is 24.4 Å². The molecule has 0 aliphatic carbocycles. The number of carbonyl (C=O) groups is 1. The Morgan fingerprint density at radius 2 is 2.23 bits per heavy atom. The molecule has 0 bridgehead atoms. The van der Waals surface area contributed by atoms with Gasteiger partial charge in [0, 0.05) is 0 Å². The number of rotatable bonds is 7. The van der Waals surface area contributed by atoms with Gasteiger partial charge in [-0.2, -0.15) is 10.4 Å². The van der Waals surface area contributed by atoms with E-state index in [1.165, 1.54) is 23.6 Å². The van der Waals surface area contributed by atoms with Crippen molar-refractivity contribution in [2.24, 2.45) is 5.92 Å². The molecule has 0 saturated carbocycles. The molecule has 1 fully saturated rings. The Morgan fingerprint density at radius 1 is 1.53 bits per heavy atom. The average molecular weight is 441 g/mol. The Hall–Kier alpha value is -2.59. The van der Waals surface area contributed by atoms with Crippen LogP contribution in [0, 0.1) is 17.2 Å².